The van der Waals surface area contributed by atoms with Gasteiger partial charge in [0.2, 0.25) is 0 Å². The topological polar surface area (TPSA) is 87.5 Å². The van der Waals surface area contributed by atoms with Gasteiger partial charge in [-0.05, 0) is 37.3 Å². The standard InChI is InChI=1S/C23H21FN4O4/c1-13-9-18(27-28(13)2)23(29)26-14-5-6-20(16(24)10-14)32-19-7-8-25-17-12-22(31-4)21(30-3)11-15(17)19/h5-12H,1-4H3,(H,26,29). The van der Waals surface area contributed by atoms with Crippen LogP contribution >= 0.6 is 0 Å². The predicted molar refractivity (Wildman–Crippen MR) is 117 cm³/mol. The molecule has 4 aromatic rings. The summed E-state index contributed by atoms with van der Waals surface area (Å²) in [6, 6.07) is 10.9. The molecule has 32 heavy (non-hydrogen) atoms. The lowest BCUT2D eigenvalue weighted by Gasteiger charge is -2.13. The number of carbonyl (C=O) groups excluding carboxylic acids is 1. The number of amides is 1. The van der Waals surface area contributed by atoms with Crippen LogP contribution in [0, 0.1) is 12.7 Å². The Bertz CT molecular complexity index is 1300. The molecule has 0 saturated carbocycles. The molecule has 1 amide bonds. The number of aryl methyl sites for hydroxylation is 2. The van der Waals surface area contributed by atoms with Crippen molar-refractivity contribution in [2.75, 3.05) is 19.5 Å². The normalized spacial score (nSPS) is 10.8. The first-order valence-electron chi connectivity index (χ1n) is 9.69. The molecule has 2 aromatic carbocycles. The van der Waals surface area contributed by atoms with E-state index in [9.17, 15) is 9.18 Å². The first-order chi connectivity index (χ1) is 15.4. The van der Waals surface area contributed by atoms with Crippen molar-refractivity contribution in [2.24, 2.45) is 7.05 Å². The molecule has 0 radical (unpaired) electrons. The Kier molecular flexibility index (Phi) is 5.63. The predicted octanol–water partition coefficient (Wildman–Crippen LogP) is 4.48. The molecule has 2 aromatic heterocycles. The van der Waals surface area contributed by atoms with Gasteiger partial charge in [0.15, 0.2) is 28.8 Å². The number of benzene rings is 2. The molecule has 0 aliphatic heterocycles. The molecule has 9 heteroatoms. The Balaban J connectivity index is 1.59. The van der Waals surface area contributed by atoms with Gasteiger partial charge in [-0.1, -0.05) is 0 Å². The molecule has 0 aliphatic rings. The second-order valence-corrected chi connectivity index (χ2v) is 7.03. The number of hydrogen-bond acceptors (Lipinski definition) is 6. The Morgan fingerprint density at radius 1 is 1.00 bits per heavy atom. The fourth-order valence-electron chi connectivity index (χ4n) is 3.18. The Morgan fingerprint density at radius 3 is 2.41 bits per heavy atom. The number of nitrogens with zero attached hydrogens (tertiary/aromatic N) is 3. The molecule has 8 nitrogen and oxygen atoms in total. The summed E-state index contributed by atoms with van der Waals surface area (Å²) >= 11 is 0. The lowest BCUT2D eigenvalue weighted by molar-refractivity contribution is 0.102. The summed E-state index contributed by atoms with van der Waals surface area (Å²) in [7, 11) is 4.81. The van der Waals surface area contributed by atoms with Gasteiger partial charge in [-0.2, -0.15) is 5.10 Å². The summed E-state index contributed by atoms with van der Waals surface area (Å²) in [5.41, 5.74) is 1.98. The number of pyridine rings is 1. The molecule has 4 rings (SSSR count). The van der Waals surface area contributed by atoms with Crippen molar-refractivity contribution >= 4 is 22.5 Å². The van der Waals surface area contributed by atoms with Crippen molar-refractivity contribution in [1.29, 1.82) is 0 Å². The number of hydrogen-bond donors (Lipinski definition) is 1. The van der Waals surface area contributed by atoms with E-state index in [4.69, 9.17) is 14.2 Å². The quantitative estimate of drug-likeness (QED) is 0.480. The molecule has 0 aliphatic carbocycles. The van der Waals surface area contributed by atoms with Crippen molar-refractivity contribution in [1.82, 2.24) is 14.8 Å². The molecule has 0 unspecified atom stereocenters. The molecule has 0 atom stereocenters. The zero-order chi connectivity index (χ0) is 22.8. The van der Waals surface area contributed by atoms with Gasteiger partial charge in [-0.3, -0.25) is 14.5 Å². The maximum atomic E-state index is 14.8. The third-order valence-corrected chi connectivity index (χ3v) is 4.96. The molecule has 1 N–H and O–H groups in total. The van der Waals surface area contributed by atoms with E-state index < -0.39 is 11.7 Å². The van der Waals surface area contributed by atoms with Gasteiger partial charge in [-0.25, -0.2) is 4.39 Å². The molecule has 0 bridgehead atoms. The number of fused-ring (bicyclic) bond motifs is 1. The average Bonchev–Trinajstić information content (AvgIpc) is 3.13. The van der Waals surface area contributed by atoms with E-state index >= 15 is 0 Å². The maximum Gasteiger partial charge on any atom is 0.276 e. The third kappa shape index (κ3) is 4.04. The second kappa shape index (κ2) is 8.54. The van der Waals surface area contributed by atoms with Crippen LogP contribution in [0.2, 0.25) is 0 Å². The van der Waals surface area contributed by atoms with Crippen LogP contribution in [-0.4, -0.2) is 34.9 Å². The van der Waals surface area contributed by atoms with Gasteiger partial charge in [-0.15, -0.1) is 0 Å². The van der Waals surface area contributed by atoms with Crippen LogP contribution in [-0.2, 0) is 7.05 Å². The average molecular weight is 436 g/mol. The molecular weight excluding hydrogens is 415 g/mol. The minimum atomic E-state index is -0.634. The van der Waals surface area contributed by atoms with Crippen LogP contribution in [0.5, 0.6) is 23.0 Å². The Labute approximate surface area is 183 Å². The van der Waals surface area contributed by atoms with Crippen molar-refractivity contribution in [3.63, 3.8) is 0 Å². The van der Waals surface area contributed by atoms with Crippen LogP contribution in [0.1, 0.15) is 16.2 Å². The lowest BCUT2D eigenvalue weighted by Crippen LogP contribution is -2.13. The highest BCUT2D eigenvalue weighted by Gasteiger charge is 2.15. The molecule has 0 saturated heterocycles. The number of carbonyl (C=O) groups is 1. The minimum Gasteiger partial charge on any atom is -0.493 e. The summed E-state index contributed by atoms with van der Waals surface area (Å²) in [5.74, 6) is 0.364. The van der Waals surface area contributed by atoms with E-state index in [1.807, 2.05) is 6.92 Å². The van der Waals surface area contributed by atoms with Gasteiger partial charge in [0.25, 0.3) is 5.91 Å². The molecule has 2 heterocycles. The number of methoxy groups -OCH3 is 2. The number of halogens is 1. The number of anilines is 1. The number of rotatable bonds is 6. The van der Waals surface area contributed by atoms with Gasteiger partial charge < -0.3 is 19.5 Å². The van der Waals surface area contributed by atoms with Crippen molar-refractivity contribution < 1.29 is 23.4 Å². The van der Waals surface area contributed by atoms with Crippen LogP contribution < -0.4 is 19.5 Å². The van der Waals surface area contributed by atoms with Gasteiger partial charge in [0.1, 0.15) is 5.75 Å². The van der Waals surface area contributed by atoms with E-state index in [0.29, 0.717) is 28.2 Å². The van der Waals surface area contributed by atoms with Gasteiger partial charge in [0, 0.05) is 42.1 Å². The van der Waals surface area contributed by atoms with E-state index in [-0.39, 0.29) is 17.1 Å². The van der Waals surface area contributed by atoms with Gasteiger partial charge in [0.05, 0.1) is 19.7 Å². The van der Waals surface area contributed by atoms with Crippen LogP contribution in [0.3, 0.4) is 0 Å². The molecular formula is C23H21FN4O4. The van der Waals surface area contributed by atoms with E-state index in [1.54, 1.807) is 48.3 Å². The van der Waals surface area contributed by atoms with E-state index in [1.165, 1.54) is 26.4 Å². The summed E-state index contributed by atoms with van der Waals surface area (Å²) in [5, 5.41) is 7.39. The van der Waals surface area contributed by atoms with Crippen molar-refractivity contribution in [2.45, 2.75) is 6.92 Å². The van der Waals surface area contributed by atoms with Crippen molar-refractivity contribution in [3.8, 4) is 23.0 Å². The number of ether oxygens (including phenoxy) is 3. The lowest BCUT2D eigenvalue weighted by atomic mass is 10.2. The molecule has 0 fully saturated rings. The molecule has 0 spiro atoms. The van der Waals surface area contributed by atoms with Crippen LogP contribution in [0.25, 0.3) is 10.9 Å². The van der Waals surface area contributed by atoms with E-state index in [2.05, 4.69) is 15.4 Å². The second-order valence-electron chi connectivity index (χ2n) is 7.03. The summed E-state index contributed by atoms with van der Waals surface area (Å²) in [6.45, 7) is 1.84. The number of nitrogens with one attached hydrogen (secondary N) is 1. The Morgan fingerprint density at radius 2 is 1.75 bits per heavy atom. The van der Waals surface area contributed by atoms with Crippen LogP contribution in [0.15, 0.2) is 48.7 Å². The van der Waals surface area contributed by atoms with E-state index in [0.717, 1.165) is 5.69 Å². The largest absolute Gasteiger partial charge is 0.493 e. The third-order valence-electron chi connectivity index (χ3n) is 4.96. The molecule has 164 valence electrons. The van der Waals surface area contributed by atoms with Gasteiger partial charge >= 0.3 is 0 Å². The first kappa shape index (κ1) is 21.1. The SMILES string of the molecule is COc1cc2nccc(Oc3ccc(NC(=O)c4cc(C)n(C)n4)cc3F)c2cc1OC. The first-order valence-corrected chi connectivity index (χ1v) is 9.69. The fourth-order valence-corrected chi connectivity index (χ4v) is 3.18. The Hall–Kier alpha value is -4.14. The fraction of sp³-hybridized carbons (Fsp3) is 0.174. The highest BCUT2D eigenvalue weighted by Crippen LogP contribution is 2.37. The summed E-state index contributed by atoms with van der Waals surface area (Å²) in [4.78, 5) is 16.7. The highest BCUT2D eigenvalue weighted by molar-refractivity contribution is 6.03. The maximum absolute atomic E-state index is 14.8. The highest BCUT2D eigenvalue weighted by atomic mass is 19.1. The zero-order valence-corrected chi connectivity index (χ0v) is 18.0. The number of aromatic nitrogens is 3. The minimum absolute atomic E-state index is 0.000959. The van der Waals surface area contributed by atoms with Crippen molar-refractivity contribution in [3.05, 3.63) is 65.9 Å². The summed E-state index contributed by atoms with van der Waals surface area (Å²) < 4.78 is 32.8. The zero-order valence-electron chi connectivity index (χ0n) is 18.0. The smallest absolute Gasteiger partial charge is 0.276 e. The monoisotopic (exact) mass is 436 g/mol. The summed E-state index contributed by atoms with van der Waals surface area (Å²) in [6.07, 6.45) is 1.56. The van der Waals surface area contributed by atoms with Crippen LogP contribution in [0.4, 0.5) is 10.1 Å².